The molecule has 0 saturated carbocycles. The number of rotatable bonds is 6. The number of nitrogens with zero attached hydrogens (tertiary/aromatic N) is 1. The molecule has 0 unspecified atom stereocenters. The van der Waals surface area contributed by atoms with E-state index in [1.165, 1.54) is 22.0 Å². The smallest absolute Gasteiger partial charge is 0.0487 e. The van der Waals surface area contributed by atoms with Gasteiger partial charge in [-0.1, -0.05) is 75.5 Å². The number of hydrogen-bond acceptors (Lipinski definition) is 1. The molecule has 28 heavy (non-hydrogen) atoms. The third-order valence-electron chi connectivity index (χ3n) is 4.77. The minimum absolute atomic E-state index is 0.655. The second-order valence-electron chi connectivity index (χ2n) is 6.77. The molecule has 142 valence electrons. The zero-order valence-electron chi connectivity index (χ0n) is 15.1. The van der Waals surface area contributed by atoms with E-state index in [1.54, 1.807) is 6.07 Å². The molecule has 3 aromatic carbocycles. The van der Waals surface area contributed by atoms with E-state index in [4.69, 9.17) is 23.2 Å². The molecule has 0 aliphatic carbocycles. The Bertz CT molecular complexity index is 1110. The van der Waals surface area contributed by atoms with Crippen LogP contribution in [0.5, 0.6) is 0 Å². The van der Waals surface area contributed by atoms with Crippen molar-refractivity contribution in [2.75, 3.05) is 0 Å². The number of hydrogen-bond donors (Lipinski definition) is 1. The highest BCUT2D eigenvalue weighted by atomic mass is 79.9. The van der Waals surface area contributed by atoms with Crippen LogP contribution in [0.2, 0.25) is 10.0 Å². The SMILES string of the molecule is Clc1ccc(CNCc2cn(Cc3ccccc3)c3ccc(Br)cc23)c(Cl)c1. The van der Waals surface area contributed by atoms with Crippen molar-refractivity contribution < 1.29 is 0 Å². The van der Waals surface area contributed by atoms with Crippen molar-refractivity contribution in [2.24, 2.45) is 0 Å². The van der Waals surface area contributed by atoms with Crippen LogP contribution >= 0.6 is 39.1 Å². The van der Waals surface area contributed by atoms with Gasteiger partial charge in [0.1, 0.15) is 0 Å². The number of benzene rings is 3. The van der Waals surface area contributed by atoms with Crippen LogP contribution in [-0.4, -0.2) is 4.57 Å². The third-order valence-corrected chi connectivity index (χ3v) is 5.85. The first-order valence-corrected chi connectivity index (χ1v) is 10.6. The lowest BCUT2D eigenvalue weighted by atomic mass is 10.1. The van der Waals surface area contributed by atoms with Gasteiger partial charge < -0.3 is 9.88 Å². The molecular weight excluding hydrogens is 455 g/mol. The minimum atomic E-state index is 0.655. The summed E-state index contributed by atoms with van der Waals surface area (Å²) in [5, 5.41) is 6.11. The quantitative estimate of drug-likeness (QED) is 0.317. The van der Waals surface area contributed by atoms with Gasteiger partial charge in [0.25, 0.3) is 0 Å². The van der Waals surface area contributed by atoms with Crippen LogP contribution in [-0.2, 0) is 19.6 Å². The maximum absolute atomic E-state index is 6.29. The molecule has 0 aliphatic heterocycles. The molecule has 0 spiro atoms. The van der Waals surface area contributed by atoms with E-state index in [9.17, 15) is 0 Å². The molecule has 4 aromatic rings. The van der Waals surface area contributed by atoms with E-state index < -0.39 is 0 Å². The summed E-state index contributed by atoms with van der Waals surface area (Å²) in [6.07, 6.45) is 2.24. The molecule has 0 atom stereocenters. The van der Waals surface area contributed by atoms with E-state index in [1.807, 2.05) is 18.2 Å². The standard InChI is InChI=1S/C23H19BrCl2N2/c24-19-7-9-23-21(10-19)18(15-28(23)14-16-4-2-1-3-5-16)13-27-12-17-6-8-20(25)11-22(17)26/h1-11,15,27H,12-14H2. The van der Waals surface area contributed by atoms with Crippen LogP contribution in [0.15, 0.2) is 77.4 Å². The molecule has 4 rings (SSSR count). The van der Waals surface area contributed by atoms with Crippen LogP contribution in [0, 0.1) is 0 Å². The van der Waals surface area contributed by atoms with Gasteiger partial charge in [0.05, 0.1) is 0 Å². The molecule has 0 saturated heterocycles. The normalized spacial score (nSPS) is 11.2. The Hall–Kier alpha value is -1.78. The first-order chi connectivity index (χ1) is 13.6. The van der Waals surface area contributed by atoms with Gasteiger partial charge in [-0.05, 0) is 47.0 Å². The molecular formula is C23H19BrCl2N2. The monoisotopic (exact) mass is 472 g/mol. The first kappa shape index (κ1) is 19.5. The highest BCUT2D eigenvalue weighted by molar-refractivity contribution is 9.10. The Morgan fingerprint density at radius 1 is 0.857 bits per heavy atom. The average molecular weight is 474 g/mol. The summed E-state index contributed by atoms with van der Waals surface area (Å²) in [4.78, 5) is 0. The van der Waals surface area contributed by atoms with Crippen molar-refractivity contribution in [1.82, 2.24) is 9.88 Å². The highest BCUT2D eigenvalue weighted by Gasteiger charge is 2.10. The summed E-state index contributed by atoms with van der Waals surface area (Å²) in [6, 6.07) is 22.6. The van der Waals surface area contributed by atoms with Crippen molar-refractivity contribution in [3.8, 4) is 0 Å². The predicted octanol–water partition coefficient (Wildman–Crippen LogP) is 7.05. The molecule has 0 fully saturated rings. The Labute approximate surface area is 183 Å². The van der Waals surface area contributed by atoms with Gasteiger partial charge in [0.15, 0.2) is 0 Å². The van der Waals surface area contributed by atoms with Crippen molar-refractivity contribution in [2.45, 2.75) is 19.6 Å². The molecule has 5 heteroatoms. The fourth-order valence-electron chi connectivity index (χ4n) is 3.39. The van der Waals surface area contributed by atoms with Gasteiger partial charge in [-0.2, -0.15) is 0 Å². The lowest BCUT2D eigenvalue weighted by molar-refractivity contribution is 0.692. The van der Waals surface area contributed by atoms with Crippen LogP contribution in [0.1, 0.15) is 16.7 Å². The van der Waals surface area contributed by atoms with Gasteiger partial charge in [-0.15, -0.1) is 0 Å². The molecule has 2 nitrogen and oxygen atoms in total. The van der Waals surface area contributed by atoms with E-state index in [-0.39, 0.29) is 0 Å². The summed E-state index contributed by atoms with van der Waals surface area (Å²) < 4.78 is 3.39. The lowest BCUT2D eigenvalue weighted by Gasteiger charge is -2.07. The molecule has 0 radical (unpaired) electrons. The predicted molar refractivity (Wildman–Crippen MR) is 122 cm³/mol. The molecule has 0 aliphatic rings. The molecule has 0 amide bonds. The molecule has 1 N–H and O–H groups in total. The first-order valence-electron chi connectivity index (χ1n) is 9.06. The van der Waals surface area contributed by atoms with Crippen molar-refractivity contribution >= 4 is 50.0 Å². The van der Waals surface area contributed by atoms with E-state index in [0.29, 0.717) is 16.6 Å². The summed E-state index contributed by atoms with van der Waals surface area (Å²) in [5.41, 5.74) is 4.82. The Kier molecular flexibility index (Phi) is 6.07. The number of nitrogens with one attached hydrogen (secondary N) is 1. The van der Waals surface area contributed by atoms with Gasteiger partial charge in [-0.3, -0.25) is 0 Å². The van der Waals surface area contributed by atoms with E-state index in [0.717, 1.165) is 23.1 Å². The average Bonchev–Trinajstić information content (AvgIpc) is 3.01. The summed E-state index contributed by atoms with van der Waals surface area (Å²) in [6.45, 7) is 2.30. The van der Waals surface area contributed by atoms with E-state index in [2.05, 4.69) is 74.5 Å². The topological polar surface area (TPSA) is 17.0 Å². The summed E-state index contributed by atoms with van der Waals surface area (Å²) >= 11 is 15.9. The summed E-state index contributed by atoms with van der Waals surface area (Å²) in [7, 11) is 0. The Morgan fingerprint density at radius 2 is 1.64 bits per heavy atom. The van der Waals surface area contributed by atoms with Crippen LogP contribution < -0.4 is 5.32 Å². The second kappa shape index (κ2) is 8.71. The van der Waals surface area contributed by atoms with Crippen molar-refractivity contribution in [1.29, 1.82) is 0 Å². The zero-order chi connectivity index (χ0) is 19.5. The fourth-order valence-corrected chi connectivity index (χ4v) is 4.23. The van der Waals surface area contributed by atoms with Crippen molar-refractivity contribution in [3.63, 3.8) is 0 Å². The van der Waals surface area contributed by atoms with Gasteiger partial charge in [0, 0.05) is 51.3 Å². The highest BCUT2D eigenvalue weighted by Crippen LogP contribution is 2.27. The maximum atomic E-state index is 6.29. The van der Waals surface area contributed by atoms with Crippen LogP contribution in [0.3, 0.4) is 0 Å². The maximum Gasteiger partial charge on any atom is 0.0487 e. The Balaban J connectivity index is 1.57. The number of halogens is 3. The fraction of sp³-hybridized carbons (Fsp3) is 0.130. The molecule has 1 aromatic heterocycles. The second-order valence-corrected chi connectivity index (χ2v) is 8.53. The Morgan fingerprint density at radius 3 is 2.43 bits per heavy atom. The largest absolute Gasteiger partial charge is 0.343 e. The van der Waals surface area contributed by atoms with Gasteiger partial charge >= 0.3 is 0 Å². The van der Waals surface area contributed by atoms with Gasteiger partial charge in [-0.25, -0.2) is 0 Å². The van der Waals surface area contributed by atoms with E-state index >= 15 is 0 Å². The minimum Gasteiger partial charge on any atom is -0.343 e. The lowest BCUT2D eigenvalue weighted by Crippen LogP contribution is -2.12. The van der Waals surface area contributed by atoms with Crippen LogP contribution in [0.25, 0.3) is 10.9 Å². The van der Waals surface area contributed by atoms with Crippen molar-refractivity contribution in [3.05, 3.63) is 104 Å². The zero-order valence-corrected chi connectivity index (χ0v) is 18.2. The third kappa shape index (κ3) is 4.44. The number of aromatic nitrogens is 1. The molecule has 0 bridgehead atoms. The molecule has 1 heterocycles. The number of fused-ring (bicyclic) bond motifs is 1. The van der Waals surface area contributed by atoms with Crippen LogP contribution in [0.4, 0.5) is 0 Å². The van der Waals surface area contributed by atoms with Gasteiger partial charge in [0.2, 0.25) is 0 Å². The summed E-state index contributed by atoms with van der Waals surface area (Å²) in [5.74, 6) is 0.